The number of benzene rings is 2. The highest BCUT2D eigenvalue weighted by Gasteiger charge is 2.07. The fraction of sp³-hybridized carbons (Fsp3) is 0. The van der Waals surface area contributed by atoms with Crippen molar-refractivity contribution in [2.24, 2.45) is 0 Å². The lowest BCUT2D eigenvalue weighted by Crippen LogP contribution is -2.20. The first-order valence-corrected chi connectivity index (χ1v) is 5.75. The first-order valence-electron chi connectivity index (χ1n) is 5.37. The van der Waals surface area contributed by atoms with Crippen LogP contribution in [0.1, 0.15) is 0 Å². The van der Waals surface area contributed by atoms with Gasteiger partial charge in [-0.2, -0.15) is 0 Å². The number of para-hydroxylation sites is 1. The maximum absolute atomic E-state index is 13.3. The summed E-state index contributed by atoms with van der Waals surface area (Å²) in [4.78, 5) is 11.6. The van der Waals surface area contributed by atoms with Gasteiger partial charge in [0.05, 0.1) is 10.7 Å². The van der Waals surface area contributed by atoms with E-state index < -0.39 is 11.8 Å². The van der Waals surface area contributed by atoms with Gasteiger partial charge in [-0.3, -0.25) is 0 Å². The summed E-state index contributed by atoms with van der Waals surface area (Å²) in [5, 5.41) is 14.4. The summed E-state index contributed by atoms with van der Waals surface area (Å²) in [6.07, 6.45) is 0. The van der Waals surface area contributed by atoms with Crippen molar-refractivity contribution in [1.82, 2.24) is 0 Å². The Balaban J connectivity index is 2.05. The monoisotopic (exact) mass is 280 g/mol. The normalized spacial score (nSPS) is 10.0. The van der Waals surface area contributed by atoms with Gasteiger partial charge in [0.2, 0.25) is 0 Å². The molecule has 0 aromatic heterocycles. The second-order valence-corrected chi connectivity index (χ2v) is 4.13. The topological polar surface area (TPSA) is 61.4 Å². The van der Waals surface area contributed by atoms with Gasteiger partial charge in [-0.15, -0.1) is 0 Å². The summed E-state index contributed by atoms with van der Waals surface area (Å²) in [5.74, 6) is -0.679. The zero-order chi connectivity index (χ0) is 13.8. The highest BCUT2D eigenvalue weighted by atomic mass is 35.5. The molecule has 4 nitrogen and oxygen atoms in total. The third-order valence-corrected chi connectivity index (χ3v) is 2.65. The van der Waals surface area contributed by atoms with Crippen LogP contribution in [0.5, 0.6) is 5.75 Å². The molecule has 98 valence electrons. The molecule has 2 aromatic rings. The minimum atomic E-state index is -0.619. The molecule has 0 atom stereocenters. The van der Waals surface area contributed by atoms with Crippen LogP contribution in [0.25, 0.3) is 0 Å². The molecule has 2 rings (SSSR count). The number of aromatic hydroxyl groups is 1. The number of hydrogen-bond acceptors (Lipinski definition) is 2. The van der Waals surface area contributed by atoms with Crippen molar-refractivity contribution in [2.75, 3.05) is 10.6 Å². The number of urea groups is 1. The van der Waals surface area contributed by atoms with Crippen LogP contribution < -0.4 is 10.6 Å². The zero-order valence-electron chi connectivity index (χ0n) is 9.65. The summed E-state index contributed by atoms with van der Waals surface area (Å²) < 4.78 is 13.3. The summed E-state index contributed by atoms with van der Waals surface area (Å²) >= 11 is 5.64. The molecule has 0 fully saturated rings. The molecule has 19 heavy (non-hydrogen) atoms. The summed E-state index contributed by atoms with van der Waals surface area (Å²) in [6, 6.07) is 9.44. The van der Waals surface area contributed by atoms with Crippen LogP contribution in [0.4, 0.5) is 20.6 Å². The van der Waals surface area contributed by atoms with Crippen LogP contribution in [-0.4, -0.2) is 11.1 Å². The highest BCUT2D eigenvalue weighted by molar-refractivity contribution is 6.32. The molecule has 2 amide bonds. The molecule has 0 saturated heterocycles. The predicted octanol–water partition coefficient (Wildman–Crippen LogP) is 3.83. The number of carbonyl (C=O) groups is 1. The van der Waals surface area contributed by atoms with Crippen LogP contribution in [-0.2, 0) is 0 Å². The number of carbonyl (C=O) groups excluding carboxylic acids is 1. The molecule has 0 heterocycles. The molecule has 0 aliphatic heterocycles. The molecule has 2 aromatic carbocycles. The molecular formula is C13H10ClFN2O2. The zero-order valence-corrected chi connectivity index (χ0v) is 10.4. The second kappa shape index (κ2) is 5.58. The van der Waals surface area contributed by atoms with E-state index in [1.807, 2.05) is 0 Å². The van der Waals surface area contributed by atoms with E-state index in [1.54, 1.807) is 6.07 Å². The quantitative estimate of drug-likeness (QED) is 0.783. The Hall–Kier alpha value is -2.27. The second-order valence-electron chi connectivity index (χ2n) is 3.73. The fourth-order valence-corrected chi connectivity index (χ4v) is 1.56. The Kier molecular flexibility index (Phi) is 3.87. The van der Waals surface area contributed by atoms with Crippen molar-refractivity contribution in [3.8, 4) is 5.75 Å². The van der Waals surface area contributed by atoms with Gasteiger partial charge < -0.3 is 15.7 Å². The Bertz CT molecular complexity index is 619. The molecule has 0 saturated carbocycles. The molecule has 0 bridgehead atoms. The van der Waals surface area contributed by atoms with E-state index in [0.29, 0.717) is 5.69 Å². The van der Waals surface area contributed by atoms with E-state index in [0.717, 1.165) is 0 Å². The van der Waals surface area contributed by atoms with Gasteiger partial charge in [0, 0.05) is 11.8 Å². The fourth-order valence-electron chi connectivity index (χ4n) is 1.44. The molecule has 0 spiro atoms. The summed E-state index contributed by atoms with van der Waals surface area (Å²) in [7, 11) is 0. The molecule has 0 unspecified atom stereocenters. The molecule has 3 N–H and O–H groups in total. The Morgan fingerprint density at radius 1 is 1.16 bits per heavy atom. The molecular weight excluding hydrogens is 271 g/mol. The lowest BCUT2D eigenvalue weighted by molar-refractivity contribution is 0.262. The van der Waals surface area contributed by atoms with Gasteiger partial charge in [-0.05, 0) is 24.3 Å². The minimum Gasteiger partial charge on any atom is -0.506 e. The van der Waals surface area contributed by atoms with Crippen LogP contribution in [0.2, 0.25) is 5.02 Å². The number of halogens is 2. The lowest BCUT2D eigenvalue weighted by Gasteiger charge is -2.08. The van der Waals surface area contributed by atoms with Crippen LogP contribution >= 0.6 is 11.6 Å². The number of phenolic OH excluding ortho intramolecular Hbond substituents is 1. The number of nitrogens with one attached hydrogen (secondary N) is 2. The molecule has 6 heteroatoms. The average Bonchev–Trinajstić information content (AvgIpc) is 2.37. The van der Waals surface area contributed by atoms with Gasteiger partial charge >= 0.3 is 6.03 Å². The van der Waals surface area contributed by atoms with Gasteiger partial charge in [-0.1, -0.05) is 23.7 Å². The average molecular weight is 281 g/mol. The number of amides is 2. The van der Waals surface area contributed by atoms with Crippen molar-refractivity contribution >= 4 is 29.0 Å². The Morgan fingerprint density at radius 2 is 1.89 bits per heavy atom. The van der Waals surface area contributed by atoms with Gasteiger partial charge in [0.25, 0.3) is 0 Å². The number of phenols is 1. The van der Waals surface area contributed by atoms with Gasteiger partial charge in [-0.25, -0.2) is 9.18 Å². The maximum Gasteiger partial charge on any atom is 0.323 e. The van der Waals surface area contributed by atoms with E-state index in [1.165, 1.54) is 36.4 Å². The first kappa shape index (κ1) is 13.2. The van der Waals surface area contributed by atoms with Crippen molar-refractivity contribution in [3.63, 3.8) is 0 Å². The van der Waals surface area contributed by atoms with E-state index in [9.17, 15) is 14.3 Å². The van der Waals surface area contributed by atoms with Crippen molar-refractivity contribution in [2.45, 2.75) is 0 Å². The highest BCUT2D eigenvalue weighted by Crippen LogP contribution is 2.26. The van der Waals surface area contributed by atoms with Crippen LogP contribution in [0.15, 0.2) is 42.5 Å². The van der Waals surface area contributed by atoms with Crippen molar-refractivity contribution in [3.05, 3.63) is 53.3 Å². The number of hydrogen-bond donors (Lipinski definition) is 3. The van der Waals surface area contributed by atoms with Crippen LogP contribution in [0, 0.1) is 5.82 Å². The van der Waals surface area contributed by atoms with Crippen molar-refractivity contribution < 1.29 is 14.3 Å². The SMILES string of the molecule is O=C(Nc1ccc(Cl)c(O)c1)Nc1ccccc1F. The largest absolute Gasteiger partial charge is 0.506 e. The number of rotatable bonds is 2. The van der Waals surface area contributed by atoms with E-state index in [-0.39, 0.29) is 16.5 Å². The third-order valence-electron chi connectivity index (χ3n) is 2.33. The lowest BCUT2D eigenvalue weighted by atomic mass is 10.3. The Labute approximate surface area is 113 Å². The van der Waals surface area contributed by atoms with Crippen molar-refractivity contribution in [1.29, 1.82) is 0 Å². The van der Waals surface area contributed by atoms with E-state index in [4.69, 9.17) is 11.6 Å². The van der Waals surface area contributed by atoms with E-state index >= 15 is 0 Å². The number of anilines is 2. The predicted molar refractivity (Wildman–Crippen MR) is 72.2 cm³/mol. The first-order chi connectivity index (χ1) is 9.06. The summed E-state index contributed by atoms with van der Waals surface area (Å²) in [5.41, 5.74) is 0.411. The molecule has 0 radical (unpaired) electrons. The minimum absolute atomic E-state index is 0.0678. The van der Waals surface area contributed by atoms with Crippen LogP contribution in [0.3, 0.4) is 0 Å². The van der Waals surface area contributed by atoms with Gasteiger partial charge in [0.1, 0.15) is 11.6 Å². The molecule has 0 aliphatic rings. The standard InChI is InChI=1S/C13H10ClFN2O2/c14-9-6-5-8(7-12(9)18)16-13(19)17-11-4-2-1-3-10(11)15/h1-7,18H,(H2,16,17,19). The summed E-state index contributed by atoms with van der Waals surface area (Å²) in [6.45, 7) is 0. The van der Waals surface area contributed by atoms with E-state index in [2.05, 4.69) is 10.6 Å². The molecule has 0 aliphatic carbocycles. The smallest absolute Gasteiger partial charge is 0.323 e. The van der Waals surface area contributed by atoms with Gasteiger partial charge in [0.15, 0.2) is 0 Å². The Morgan fingerprint density at radius 3 is 2.58 bits per heavy atom. The third kappa shape index (κ3) is 3.35. The maximum atomic E-state index is 13.3.